The van der Waals surface area contributed by atoms with Crippen molar-refractivity contribution in [3.8, 4) is 0 Å². The van der Waals surface area contributed by atoms with Crippen LogP contribution in [-0.4, -0.2) is 65.4 Å². The number of hydrogen-bond acceptors (Lipinski definition) is 6. The molecule has 0 amide bonds. The molecule has 0 saturated carbocycles. The summed E-state index contributed by atoms with van der Waals surface area (Å²) in [5.41, 5.74) is 0. The van der Waals surface area contributed by atoms with Gasteiger partial charge in [0.05, 0.1) is 13.7 Å². The van der Waals surface area contributed by atoms with Gasteiger partial charge in [-0.25, -0.2) is 4.79 Å². The first-order chi connectivity index (χ1) is 7.69. The summed E-state index contributed by atoms with van der Waals surface area (Å²) in [6, 6.07) is 0. The van der Waals surface area contributed by atoms with Crippen molar-refractivity contribution in [1.29, 1.82) is 0 Å². The maximum absolute atomic E-state index is 11.5. The lowest BCUT2D eigenvalue weighted by Gasteiger charge is -2.25. The maximum Gasteiger partial charge on any atom is 0.337 e. The Hall–Kier alpha value is -0.690. The SMILES string of the molecule is COC(=O)[C@@H](OC)[C@@H]1OC[C@H](OC)[C@H]1OC. The molecule has 1 fully saturated rings. The van der Waals surface area contributed by atoms with Crippen molar-refractivity contribution in [2.45, 2.75) is 24.4 Å². The average molecular weight is 234 g/mol. The third-order valence-corrected chi connectivity index (χ3v) is 2.70. The van der Waals surface area contributed by atoms with E-state index >= 15 is 0 Å². The second kappa shape index (κ2) is 6.15. The second-order valence-corrected chi connectivity index (χ2v) is 3.45. The van der Waals surface area contributed by atoms with Gasteiger partial charge >= 0.3 is 5.97 Å². The number of rotatable bonds is 5. The first kappa shape index (κ1) is 13.4. The Bertz CT molecular complexity index is 231. The molecule has 4 atom stereocenters. The van der Waals surface area contributed by atoms with E-state index in [4.69, 9.17) is 18.9 Å². The number of hydrogen-bond donors (Lipinski definition) is 0. The van der Waals surface area contributed by atoms with Crippen LogP contribution in [0.2, 0.25) is 0 Å². The van der Waals surface area contributed by atoms with E-state index in [1.807, 2.05) is 0 Å². The topological polar surface area (TPSA) is 63.2 Å². The van der Waals surface area contributed by atoms with Crippen LogP contribution in [0.15, 0.2) is 0 Å². The van der Waals surface area contributed by atoms with E-state index in [0.29, 0.717) is 6.61 Å². The number of ether oxygens (including phenoxy) is 5. The summed E-state index contributed by atoms with van der Waals surface area (Å²) >= 11 is 0. The van der Waals surface area contributed by atoms with Crippen LogP contribution < -0.4 is 0 Å². The van der Waals surface area contributed by atoms with Gasteiger partial charge in [0, 0.05) is 21.3 Å². The Morgan fingerprint density at radius 2 is 1.94 bits per heavy atom. The molecule has 16 heavy (non-hydrogen) atoms. The fraction of sp³-hybridized carbons (Fsp3) is 0.900. The zero-order valence-corrected chi connectivity index (χ0v) is 9.97. The van der Waals surface area contributed by atoms with Crippen LogP contribution in [0.4, 0.5) is 0 Å². The molecule has 94 valence electrons. The fourth-order valence-electron chi connectivity index (χ4n) is 1.84. The molecule has 1 saturated heterocycles. The van der Waals surface area contributed by atoms with Crippen LogP contribution in [0.5, 0.6) is 0 Å². The molecule has 0 bridgehead atoms. The first-order valence-electron chi connectivity index (χ1n) is 4.97. The van der Waals surface area contributed by atoms with Crippen molar-refractivity contribution < 1.29 is 28.5 Å². The van der Waals surface area contributed by atoms with E-state index in [2.05, 4.69) is 4.74 Å². The molecular weight excluding hydrogens is 216 g/mol. The lowest BCUT2D eigenvalue weighted by atomic mass is 10.1. The van der Waals surface area contributed by atoms with E-state index in [-0.39, 0.29) is 12.2 Å². The van der Waals surface area contributed by atoms with Gasteiger partial charge in [0.2, 0.25) is 0 Å². The molecule has 1 aliphatic heterocycles. The van der Waals surface area contributed by atoms with Gasteiger partial charge < -0.3 is 23.7 Å². The largest absolute Gasteiger partial charge is 0.467 e. The normalized spacial score (nSPS) is 31.4. The van der Waals surface area contributed by atoms with Gasteiger partial charge in [-0.1, -0.05) is 0 Å². The predicted molar refractivity (Wildman–Crippen MR) is 54.1 cm³/mol. The molecule has 0 radical (unpaired) electrons. The minimum atomic E-state index is -0.796. The minimum absolute atomic E-state index is 0.197. The van der Waals surface area contributed by atoms with Crippen molar-refractivity contribution in [3.63, 3.8) is 0 Å². The Labute approximate surface area is 94.7 Å². The van der Waals surface area contributed by atoms with E-state index in [0.717, 1.165) is 0 Å². The molecule has 0 unspecified atom stereocenters. The monoisotopic (exact) mass is 234 g/mol. The van der Waals surface area contributed by atoms with Crippen LogP contribution in [0.1, 0.15) is 0 Å². The lowest BCUT2D eigenvalue weighted by Crippen LogP contribution is -2.45. The Morgan fingerprint density at radius 1 is 1.25 bits per heavy atom. The van der Waals surface area contributed by atoms with Gasteiger partial charge in [-0.05, 0) is 0 Å². The summed E-state index contributed by atoms with van der Waals surface area (Å²) in [6.45, 7) is 0.372. The number of carbonyl (C=O) groups is 1. The molecule has 0 aliphatic carbocycles. The molecule has 0 aromatic heterocycles. The van der Waals surface area contributed by atoms with Crippen LogP contribution in [0.3, 0.4) is 0 Å². The van der Waals surface area contributed by atoms with Crippen molar-refractivity contribution in [2.75, 3.05) is 35.0 Å². The molecule has 0 N–H and O–H groups in total. The van der Waals surface area contributed by atoms with Crippen LogP contribution in [-0.2, 0) is 28.5 Å². The third-order valence-electron chi connectivity index (χ3n) is 2.70. The van der Waals surface area contributed by atoms with Crippen molar-refractivity contribution in [3.05, 3.63) is 0 Å². The van der Waals surface area contributed by atoms with Gasteiger partial charge in [0.1, 0.15) is 18.3 Å². The van der Waals surface area contributed by atoms with E-state index in [1.54, 1.807) is 14.2 Å². The highest BCUT2D eigenvalue weighted by atomic mass is 16.6. The quantitative estimate of drug-likeness (QED) is 0.603. The summed E-state index contributed by atoms with van der Waals surface area (Å²) in [6.07, 6.45) is -1.84. The van der Waals surface area contributed by atoms with Gasteiger partial charge in [-0.15, -0.1) is 0 Å². The molecule has 0 aromatic rings. The molecule has 1 heterocycles. The number of esters is 1. The summed E-state index contributed by atoms with van der Waals surface area (Å²) in [7, 11) is 5.85. The average Bonchev–Trinajstić information content (AvgIpc) is 2.72. The van der Waals surface area contributed by atoms with Crippen molar-refractivity contribution in [1.82, 2.24) is 0 Å². The second-order valence-electron chi connectivity index (χ2n) is 3.45. The summed E-state index contributed by atoms with van der Waals surface area (Å²) in [5.74, 6) is -0.480. The summed E-state index contributed by atoms with van der Waals surface area (Å²) in [4.78, 5) is 11.5. The highest BCUT2D eigenvalue weighted by Gasteiger charge is 2.45. The molecule has 1 rings (SSSR count). The standard InChI is InChI=1S/C10H18O6/c1-12-6-5-16-8(7(6)13-2)9(14-3)10(11)15-4/h6-9H,5H2,1-4H3/t6-,7+,8+,9-/m0/s1. The van der Waals surface area contributed by atoms with Gasteiger partial charge in [-0.2, -0.15) is 0 Å². The van der Waals surface area contributed by atoms with Crippen LogP contribution in [0.25, 0.3) is 0 Å². The molecule has 0 spiro atoms. The number of carbonyl (C=O) groups excluding carboxylic acids is 1. The van der Waals surface area contributed by atoms with Crippen LogP contribution in [0, 0.1) is 0 Å². The van der Waals surface area contributed by atoms with E-state index in [9.17, 15) is 4.79 Å². The first-order valence-corrected chi connectivity index (χ1v) is 4.97. The molecule has 0 aromatic carbocycles. The molecule has 1 aliphatic rings. The smallest absolute Gasteiger partial charge is 0.337 e. The zero-order valence-electron chi connectivity index (χ0n) is 9.97. The van der Waals surface area contributed by atoms with Gasteiger partial charge in [-0.3, -0.25) is 0 Å². The molecule has 6 nitrogen and oxygen atoms in total. The summed E-state index contributed by atoms with van der Waals surface area (Å²) in [5, 5.41) is 0. The van der Waals surface area contributed by atoms with Gasteiger partial charge in [0.25, 0.3) is 0 Å². The fourth-order valence-corrected chi connectivity index (χ4v) is 1.84. The summed E-state index contributed by atoms with van der Waals surface area (Å²) < 4.78 is 25.6. The maximum atomic E-state index is 11.5. The minimum Gasteiger partial charge on any atom is -0.467 e. The van der Waals surface area contributed by atoms with Crippen molar-refractivity contribution >= 4 is 5.97 Å². The Morgan fingerprint density at radius 3 is 2.38 bits per heavy atom. The Balaban J connectivity index is 2.74. The van der Waals surface area contributed by atoms with E-state index < -0.39 is 18.2 Å². The van der Waals surface area contributed by atoms with E-state index in [1.165, 1.54) is 14.2 Å². The zero-order chi connectivity index (χ0) is 12.1. The highest BCUT2D eigenvalue weighted by molar-refractivity contribution is 5.75. The third kappa shape index (κ3) is 2.52. The van der Waals surface area contributed by atoms with Gasteiger partial charge in [0.15, 0.2) is 6.10 Å². The molecule has 6 heteroatoms. The van der Waals surface area contributed by atoms with Crippen LogP contribution >= 0.6 is 0 Å². The highest BCUT2D eigenvalue weighted by Crippen LogP contribution is 2.24. The predicted octanol–water partition coefficient (Wildman–Crippen LogP) is -0.397. The number of methoxy groups -OCH3 is 4. The van der Waals surface area contributed by atoms with Crippen molar-refractivity contribution in [2.24, 2.45) is 0 Å². The Kier molecular flexibility index (Phi) is 5.14. The lowest BCUT2D eigenvalue weighted by molar-refractivity contribution is -0.165. The molecular formula is C10H18O6.